The van der Waals surface area contributed by atoms with E-state index in [9.17, 15) is 60.8 Å². The first-order valence-corrected chi connectivity index (χ1v) is 22.3. The molecule has 5 rings (SSSR count). The first kappa shape index (κ1) is 62.0. The maximum absolute atomic E-state index is 14.6. The van der Waals surface area contributed by atoms with Crippen LogP contribution in [0.3, 0.4) is 0 Å². The molecule has 4 aliphatic rings. The third kappa shape index (κ3) is 16.0. The van der Waals surface area contributed by atoms with Crippen LogP contribution in [0.4, 0.5) is 10.1 Å². The van der Waals surface area contributed by atoms with Gasteiger partial charge in [0, 0.05) is 70.2 Å². The van der Waals surface area contributed by atoms with Gasteiger partial charge in [0.05, 0.1) is 72.1 Å². The van der Waals surface area contributed by atoms with Crippen LogP contribution in [0.5, 0.6) is 0 Å². The molecule has 3 N–H and O–H groups in total. The molecule has 4 fully saturated rings. The number of halogens is 1. The third-order valence-corrected chi connectivity index (χ3v) is 11.8. The summed E-state index contributed by atoms with van der Waals surface area (Å²) in [5, 5.41) is 72.7. The summed E-state index contributed by atoms with van der Waals surface area (Å²) in [6.07, 6.45) is -22.0. The Morgan fingerprint density at radius 2 is 1.01 bits per heavy atom. The van der Waals surface area contributed by atoms with Gasteiger partial charge in [-0.3, -0.25) is 19.7 Å². The van der Waals surface area contributed by atoms with E-state index in [4.69, 9.17) is 66.3 Å². The third-order valence-electron chi connectivity index (χ3n) is 11.8. The summed E-state index contributed by atoms with van der Waals surface area (Å²) in [4.78, 5) is 71.4. The summed E-state index contributed by atoms with van der Waals surface area (Å²) in [5.41, 5.74) is 80.3. The highest BCUT2D eigenvalue weighted by molar-refractivity contribution is 5.89. The molecule has 2 saturated carbocycles. The molecule has 2 aliphatic heterocycles. The largest absolute Gasteiger partial charge is 0.458 e. The van der Waals surface area contributed by atoms with Gasteiger partial charge in [-0.1, -0.05) is 46.0 Å². The van der Waals surface area contributed by atoms with Crippen LogP contribution in [0.15, 0.2) is 70.3 Å². The van der Waals surface area contributed by atoms with Crippen molar-refractivity contribution in [3.05, 3.63) is 134 Å². The quantitative estimate of drug-likeness (QED) is 0.0264. The second kappa shape index (κ2) is 30.3. The van der Waals surface area contributed by atoms with Crippen LogP contribution < -0.4 is 0 Å². The number of azide groups is 9. The first-order valence-electron chi connectivity index (χ1n) is 22.3. The van der Waals surface area contributed by atoms with E-state index in [1.54, 1.807) is 0 Å². The summed E-state index contributed by atoms with van der Waals surface area (Å²) in [7, 11) is 0. The molecule has 1 aromatic carbocycles. The number of rotatable bonds is 20. The summed E-state index contributed by atoms with van der Waals surface area (Å²) in [6.45, 7) is 0.953. The zero-order valence-electron chi connectivity index (χ0n) is 40.3. The zero-order chi connectivity index (χ0) is 58.3. The Bertz CT molecular complexity index is 2840. The molecule has 2 saturated heterocycles. The zero-order valence-corrected chi connectivity index (χ0v) is 40.3. The molecule has 0 aromatic heterocycles. The van der Waals surface area contributed by atoms with E-state index < -0.39 is 158 Å². The number of esters is 3. The van der Waals surface area contributed by atoms with E-state index in [0.717, 1.165) is 38.1 Å². The summed E-state index contributed by atoms with van der Waals surface area (Å²) in [5.74, 6) is -2.90. The Balaban J connectivity index is 0.000000383. The molecule has 20 atom stereocenters. The van der Waals surface area contributed by atoms with Crippen molar-refractivity contribution in [1.29, 1.82) is 0 Å². The van der Waals surface area contributed by atoms with Crippen molar-refractivity contribution in [3.63, 3.8) is 0 Å². The monoisotopic (exact) mass is 1110 g/mol. The molecule has 44 heteroatoms. The van der Waals surface area contributed by atoms with Crippen LogP contribution in [0.25, 0.3) is 94.0 Å². The van der Waals surface area contributed by atoms with Crippen molar-refractivity contribution in [2.75, 3.05) is 13.1 Å². The van der Waals surface area contributed by atoms with Gasteiger partial charge in [0.2, 0.25) is 0 Å². The maximum Gasteiger partial charge on any atom is 0.338 e. The fourth-order valence-corrected chi connectivity index (χ4v) is 8.51. The number of nitro groups is 1. The van der Waals surface area contributed by atoms with Crippen LogP contribution in [0, 0.1) is 10.1 Å². The van der Waals surface area contributed by atoms with Crippen LogP contribution in [-0.4, -0.2) is 173 Å². The van der Waals surface area contributed by atoms with E-state index >= 15 is 0 Å². The van der Waals surface area contributed by atoms with E-state index in [1.165, 1.54) is 0 Å². The molecule has 418 valence electrons. The summed E-state index contributed by atoms with van der Waals surface area (Å²) >= 11 is 0. The van der Waals surface area contributed by atoms with E-state index in [1.807, 2.05) is 0 Å². The first-order chi connectivity index (χ1) is 37.9. The van der Waals surface area contributed by atoms with E-state index in [2.05, 4.69) is 90.2 Å². The number of carbonyl (C=O) groups excluding carboxylic acids is 3. The Hall–Kier alpha value is -9.53. The average Bonchev–Trinajstić information content (AvgIpc) is 3.46. The molecule has 0 radical (unpaired) electrons. The van der Waals surface area contributed by atoms with Gasteiger partial charge in [-0.05, 0) is 74.8 Å². The Labute approximate surface area is 437 Å². The fourth-order valence-electron chi connectivity index (χ4n) is 8.51. The molecular weight excluding hydrogens is 1070 g/mol. The fraction of sp³-hybridized carbons (Fsp3) is 0.743. The molecule has 1 aromatic rings. The number of non-ortho nitro benzene ring substituents is 1. The van der Waals surface area contributed by atoms with Crippen LogP contribution >= 0.6 is 0 Å². The van der Waals surface area contributed by atoms with Gasteiger partial charge in [-0.15, -0.1) is 0 Å². The number of nitrogens with zero attached hydrogens (tertiary/aromatic N) is 28. The van der Waals surface area contributed by atoms with Crippen molar-refractivity contribution in [2.45, 2.75) is 149 Å². The van der Waals surface area contributed by atoms with Gasteiger partial charge in [-0.2, -0.15) is 0 Å². The average molecular weight is 1110 g/mol. The maximum atomic E-state index is 14.6. The number of hydrogen-bond acceptors (Lipinski definition) is 24. The molecule has 43 nitrogen and oxygen atoms in total. The Morgan fingerprint density at radius 3 is 1.54 bits per heavy atom. The number of nitro benzene ring substituents is 1. The minimum atomic E-state index is -2.18. The lowest BCUT2D eigenvalue weighted by Gasteiger charge is -2.47. The number of aliphatic hydroxyl groups excluding tert-OH is 3. The van der Waals surface area contributed by atoms with Gasteiger partial charge in [0.1, 0.15) is 54.9 Å². The number of aliphatic hydroxyl groups is 3. The minimum Gasteiger partial charge on any atom is -0.458 e. The molecule has 0 unspecified atom stereocenters. The number of carbonyl (C=O) groups is 3. The lowest BCUT2D eigenvalue weighted by molar-refractivity contribution is -0.384. The molecular formula is C35H41FN28O15. The lowest BCUT2D eigenvalue weighted by Crippen LogP contribution is -2.63. The number of alkyl halides is 1. The second-order valence-corrected chi connectivity index (χ2v) is 16.5. The topological polar surface area (TPSA) is 658 Å². The molecule has 2 heterocycles. The minimum absolute atomic E-state index is 0.179. The molecule has 0 spiro atoms. The van der Waals surface area contributed by atoms with E-state index in [0.29, 0.717) is 0 Å². The summed E-state index contributed by atoms with van der Waals surface area (Å²) < 4.78 is 53.8. The smallest absolute Gasteiger partial charge is 0.338 e. The van der Waals surface area contributed by atoms with Gasteiger partial charge < -0.3 is 48.5 Å². The Morgan fingerprint density at radius 1 is 0.570 bits per heavy atom. The van der Waals surface area contributed by atoms with Gasteiger partial charge >= 0.3 is 17.9 Å². The number of ether oxygens (including phenoxy) is 7. The van der Waals surface area contributed by atoms with Crippen LogP contribution in [0.2, 0.25) is 0 Å². The van der Waals surface area contributed by atoms with Crippen molar-refractivity contribution >= 4 is 23.6 Å². The van der Waals surface area contributed by atoms with Gasteiger partial charge in [0.15, 0.2) is 18.7 Å². The van der Waals surface area contributed by atoms with Crippen molar-refractivity contribution in [3.8, 4) is 0 Å². The number of hydrogen-bond donors (Lipinski definition) is 3. The summed E-state index contributed by atoms with van der Waals surface area (Å²) in [6, 6.07) is -5.66. The molecule has 2 aliphatic carbocycles. The molecule has 0 bridgehead atoms. The highest BCUT2D eigenvalue weighted by atomic mass is 19.1. The second-order valence-electron chi connectivity index (χ2n) is 16.5. The molecule has 0 amide bonds. The predicted molar refractivity (Wildman–Crippen MR) is 251 cm³/mol. The van der Waals surface area contributed by atoms with Crippen LogP contribution in [0.1, 0.15) is 37.0 Å². The predicted octanol–water partition coefficient (Wildman–Crippen LogP) is 5.79. The Kier molecular flexibility index (Phi) is 23.8. The van der Waals surface area contributed by atoms with Crippen molar-refractivity contribution in [1.82, 2.24) is 0 Å². The molecule has 79 heavy (non-hydrogen) atoms. The SMILES string of the molecule is CC(=O)O[C@@H]1[C@@H](OC(C)=O)[C@H](N=[N+]=[N-])C[C@H](N=[N+]=[N-])[C@H]1O[C@H]1O[C@H](CN=[N+]=[N-])[C@H](OC(=O)c2ccc([N+](=O)[O-])cc2)[C@H](N=[N+]=[N-])[C@H]1N=[N+]=[N-].[N-]=[N+]=NC[C@H]1O[C@H](O[C@H]2[C@H](O)[C@@H](O)[C@H](N=[N+]=[N-])C[C@@H]2N=[N+]=[N-])[C@H](N=[N+]=[N-])[C@@H](F)[C@H]1O. The van der Waals surface area contributed by atoms with Crippen molar-refractivity contribution in [2.24, 2.45) is 46.0 Å². The van der Waals surface area contributed by atoms with Gasteiger partial charge in [-0.25, -0.2) is 9.18 Å². The highest BCUT2D eigenvalue weighted by Gasteiger charge is 2.55. The van der Waals surface area contributed by atoms with E-state index in [-0.39, 0.29) is 24.1 Å². The number of benzene rings is 1. The lowest BCUT2D eigenvalue weighted by atomic mass is 9.83. The van der Waals surface area contributed by atoms with Crippen LogP contribution in [-0.2, 0) is 42.7 Å². The van der Waals surface area contributed by atoms with Crippen molar-refractivity contribution < 1.29 is 72.2 Å². The standard InChI is InChI=1S/C23H24N16O10.C12H17FN12O5/c1-9(40)45-18-13(30-35-25)7-14(31-36-26)19(21(18)46-10(2)41)49-23-17(33-38-28)16(32-37-27)20(15(47-23)8-29-34-24)48-22(42)11-3-5-12(6-4-11)39(43)44;13-6-7(21-25-17)12(29-5(9(6)27)2-18-22-14)30-11-4(20-24-16)1-3(19-23-15)8(26)10(11)28/h3-6,13-21,23H,7-8H2,1-2H3;3-12,26-28H,1-2H2/t13-,14+,15-,16-,17-,18+,19-,20+,21-,23-;3-,4+,5-,6-,7-,8+,9+,10-,11-,12-/m11/s1. The van der Waals surface area contributed by atoms with Gasteiger partial charge in [0.25, 0.3) is 5.69 Å². The normalized spacial score (nSPS) is 33.2. The highest BCUT2D eigenvalue weighted by Crippen LogP contribution is 2.38.